The number of aromatic nitrogens is 5. The minimum Gasteiger partial charge on any atom is -0.364 e. The summed E-state index contributed by atoms with van der Waals surface area (Å²) >= 11 is 0. The Morgan fingerprint density at radius 2 is 2.19 bits per heavy atom. The van der Waals surface area contributed by atoms with E-state index in [1.165, 1.54) is 0 Å². The van der Waals surface area contributed by atoms with Gasteiger partial charge in [-0.25, -0.2) is 4.98 Å². The monoisotopic (exact) mass is 286 g/mol. The van der Waals surface area contributed by atoms with Gasteiger partial charge in [-0.05, 0) is 25.5 Å². The first-order valence-electron chi connectivity index (χ1n) is 6.68. The van der Waals surface area contributed by atoms with E-state index in [9.17, 15) is 4.39 Å². The van der Waals surface area contributed by atoms with Gasteiger partial charge in [0.05, 0.1) is 6.33 Å². The molecule has 0 bridgehead atoms. The number of rotatable bonds is 4. The van der Waals surface area contributed by atoms with Crippen LogP contribution < -0.4 is 5.32 Å². The molecule has 0 saturated carbocycles. The van der Waals surface area contributed by atoms with Crippen molar-refractivity contribution in [3.8, 4) is 0 Å². The van der Waals surface area contributed by atoms with Gasteiger partial charge in [0, 0.05) is 25.0 Å². The third-order valence-electron chi connectivity index (χ3n) is 3.13. The third-order valence-corrected chi connectivity index (χ3v) is 3.13. The maximum Gasteiger partial charge on any atom is 0.312 e. The standard InChI is InChI=1S/C14H15FN6/c1-9(2)21-8-18-11-12(19-14(15)20-13(11)21)17-7-10-4-3-5-16-6-10/h3-6,8-9H,7H2,1-2H3,(H,17,19,20). The lowest BCUT2D eigenvalue weighted by Crippen LogP contribution is -2.06. The highest BCUT2D eigenvalue weighted by molar-refractivity contribution is 5.82. The van der Waals surface area contributed by atoms with E-state index >= 15 is 0 Å². The van der Waals surface area contributed by atoms with Gasteiger partial charge in [-0.15, -0.1) is 0 Å². The Labute approximate surface area is 121 Å². The van der Waals surface area contributed by atoms with Crippen LogP contribution in [0.4, 0.5) is 10.2 Å². The number of anilines is 1. The molecule has 0 unspecified atom stereocenters. The lowest BCUT2D eigenvalue weighted by molar-refractivity contribution is 0.537. The average Bonchev–Trinajstić information content (AvgIpc) is 2.89. The molecule has 0 spiro atoms. The number of imidazole rings is 1. The van der Waals surface area contributed by atoms with Crippen LogP contribution in [0.5, 0.6) is 0 Å². The summed E-state index contributed by atoms with van der Waals surface area (Å²) in [4.78, 5) is 16.0. The maximum atomic E-state index is 13.6. The molecule has 0 aliphatic carbocycles. The Kier molecular flexibility index (Phi) is 3.47. The largest absolute Gasteiger partial charge is 0.364 e. The van der Waals surface area contributed by atoms with Gasteiger partial charge < -0.3 is 9.88 Å². The zero-order valence-electron chi connectivity index (χ0n) is 11.8. The Morgan fingerprint density at radius 3 is 2.90 bits per heavy atom. The highest BCUT2D eigenvalue weighted by atomic mass is 19.1. The van der Waals surface area contributed by atoms with Gasteiger partial charge in [0.25, 0.3) is 0 Å². The van der Waals surface area contributed by atoms with E-state index in [0.29, 0.717) is 23.5 Å². The SMILES string of the molecule is CC(C)n1cnc2c(NCc3cccnc3)nc(F)nc21. The van der Waals surface area contributed by atoms with Gasteiger partial charge in [-0.2, -0.15) is 14.4 Å². The molecule has 3 aromatic heterocycles. The molecule has 3 aromatic rings. The molecular weight excluding hydrogens is 271 g/mol. The Morgan fingerprint density at radius 1 is 1.33 bits per heavy atom. The summed E-state index contributed by atoms with van der Waals surface area (Å²) < 4.78 is 15.4. The fraction of sp³-hybridized carbons (Fsp3) is 0.286. The zero-order chi connectivity index (χ0) is 14.8. The second-order valence-electron chi connectivity index (χ2n) is 4.97. The fourth-order valence-electron chi connectivity index (χ4n) is 2.08. The van der Waals surface area contributed by atoms with E-state index in [1.807, 2.05) is 30.5 Å². The molecule has 6 nitrogen and oxygen atoms in total. The molecule has 0 aliphatic rings. The summed E-state index contributed by atoms with van der Waals surface area (Å²) in [6.07, 6.45) is 4.34. The van der Waals surface area contributed by atoms with E-state index in [0.717, 1.165) is 5.56 Å². The van der Waals surface area contributed by atoms with Crippen LogP contribution in [0.2, 0.25) is 0 Å². The van der Waals surface area contributed by atoms with Crippen molar-refractivity contribution in [2.45, 2.75) is 26.4 Å². The second-order valence-corrected chi connectivity index (χ2v) is 4.97. The number of nitrogens with zero attached hydrogens (tertiary/aromatic N) is 5. The molecule has 3 rings (SSSR count). The quantitative estimate of drug-likeness (QED) is 0.746. The Balaban J connectivity index is 1.95. The lowest BCUT2D eigenvalue weighted by atomic mass is 10.3. The van der Waals surface area contributed by atoms with Gasteiger partial charge in [0.1, 0.15) is 0 Å². The predicted molar refractivity (Wildman–Crippen MR) is 77.2 cm³/mol. The van der Waals surface area contributed by atoms with Crippen LogP contribution in [-0.4, -0.2) is 24.5 Å². The number of halogens is 1. The topological polar surface area (TPSA) is 68.5 Å². The minimum atomic E-state index is -0.765. The maximum absolute atomic E-state index is 13.6. The van der Waals surface area contributed by atoms with Crippen molar-refractivity contribution in [3.63, 3.8) is 0 Å². The van der Waals surface area contributed by atoms with Crippen molar-refractivity contribution in [3.05, 3.63) is 42.5 Å². The van der Waals surface area contributed by atoms with E-state index in [-0.39, 0.29) is 6.04 Å². The predicted octanol–water partition coefficient (Wildman–Crippen LogP) is 2.55. The van der Waals surface area contributed by atoms with Crippen molar-refractivity contribution in [2.75, 3.05) is 5.32 Å². The van der Waals surface area contributed by atoms with Crippen molar-refractivity contribution >= 4 is 17.0 Å². The average molecular weight is 286 g/mol. The van der Waals surface area contributed by atoms with Crippen molar-refractivity contribution in [1.82, 2.24) is 24.5 Å². The van der Waals surface area contributed by atoms with Crippen LogP contribution in [0.25, 0.3) is 11.2 Å². The van der Waals surface area contributed by atoms with Crippen LogP contribution in [0.15, 0.2) is 30.9 Å². The highest BCUT2D eigenvalue weighted by Gasteiger charge is 2.14. The highest BCUT2D eigenvalue weighted by Crippen LogP contribution is 2.21. The normalized spacial score (nSPS) is 11.2. The smallest absolute Gasteiger partial charge is 0.312 e. The van der Waals surface area contributed by atoms with Gasteiger partial charge in [-0.3, -0.25) is 4.98 Å². The summed E-state index contributed by atoms with van der Waals surface area (Å²) in [5.41, 5.74) is 2.04. The Hall–Kier alpha value is -2.57. The molecule has 0 amide bonds. The van der Waals surface area contributed by atoms with Gasteiger partial charge >= 0.3 is 6.08 Å². The van der Waals surface area contributed by atoms with Crippen molar-refractivity contribution < 1.29 is 4.39 Å². The first-order chi connectivity index (χ1) is 10.1. The van der Waals surface area contributed by atoms with Crippen molar-refractivity contribution in [2.24, 2.45) is 0 Å². The van der Waals surface area contributed by atoms with E-state index in [1.54, 1.807) is 18.7 Å². The first-order valence-corrected chi connectivity index (χ1v) is 6.68. The molecule has 1 N–H and O–H groups in total. The Bertz CT molecular complexity index is 753. The van der Waals surface area contributed by atoms with Crippen LogP contribution in [-0.2, 0) is 6.54 Å². The van der Waals surface area contributed by atoms with E-state index in [4.69, 9.17) is 0 Å². The number of hydrogen-bond acceptors (Lipinski definition) is 5. The van der Waals surface area contributed by atoms with Crippen LogP contribution in [0.3, 0.4) is 0 Å². The number of nitrogens with one attached hydrogen (secondary N) is 1. The summed E-state index contributed by atoms with van der Waals surface area (Å²) in [7, 11) is 0. The first kappa shape index (κ1) is 13.4. The summed E-state index contributed by atoms with van der Waals surface area (Å²) in [6, 6.07) is 3.93. The lowest BCUT2D eigenvalue weighted by Gasteiger charge is -2.09. The minimum absolute atomic E-state index is 0.149. The molecule has 0 atom stereocenters. The molecule has 3 heterocycles. The summed E-state index contributed by atoms with van der Waals surface area (Å²) in [5, 5.41) is 3.09. The third kappa shape index (κ3) is 2.67. The molecule has 21 heavy (non-hydrogen) atoms. The number of fused-ring (bicyclic) bond motifs is 1. The molecule has 108 valence electrons. The second kappa shape index (κ2) is 5.43. The summed E-state index contributed by atoms with van der Waals surface area (Å²) in [6.45, 7) is 4.47. The van der Waals surface area contributed by atoms with Crippen LogP contribution in [0, 0.1) is 6.08 Å². The fourth-order valence-corrected chi connectivity index (χ4v) is 2.08. The molecule has 7 heteroatoms. The van der Waals surface area contributed by atoms with Gasteiger partial charge in [0.15, 0.2) is 17.0 Å². The van der Waals surface area contributed by atoms with E-state index in [2.05, 4.69) is 25.3 Å². The molecule has 0 radical (unpaired) electrons. The summed E-state index contributed by atoms with van der Waals surface area (Å²) in [5.74, 6) is 0.390. The molecule has 0 aliphatic heterocycles. The zero-order valence-corrected chi connectivity index (χ0v) is 11.8. The van der Waals surface area contributed by atoms with Gasteiger partial charge in [0.2, 0.25) is 0 Å². The number of hydrogen-bond donors (Lipinski definition) is 1. The van der Waals surface area contributed by atoms with Gasteiger partial charge in [-0.1, -0.05) is 6.07 Å². The molecule has 0 fully saturated rings. The van der Waals surface area contributed by atoms with Crippen LogP contribution >= 0.6 is 0 Å². The molecular formula is C14H15FN6. The van der Waals surface area contributed by atoms with Crippen molar-refractivity contribution in [1.29, 1.82) is 0 Å². The number of pyridine rings is 1. The van der Waals surface area contributed by atoms with Crippen LogP contribution in [0.1, 0.15) is 25.5 Å². The van der Waals surface area contributed by atoms with E-state index < -0.39 is 6.08 Å². The molecule has 0 aromatic carbocycles. The molecule has 0 saturated heterocycles.